The highest BCUT2D eigenvalue weighted by Crippen LogP contribution is 2.19. The van der Waals surface area contributed by atoms with Gasteiger partial charge in [-0.1, -0.05) is 18.2 Å². The number of nitrogens with zero attached hydrogens (tertiary/aromatic N) is 2. The Kier molecular flexibility index (Phi) is 4.62. The summed E-state index contributed by atoms with van der Waals surface area (Å²) in [4.78, 5) is 16.9. The molecular weight excluding hydrogens is 310 g/mol. The Bertz CT molecular complexity index is 940. The van der Waals surface area contributed by atoms with E-state index >= 15 is 0 Å². The molecule has 1 unspecified atom stereocenters. The summed E-state index contributed by atoms with van der Waals surface area (Å²) in [6.45, 7) is 10.6. The van der Waals surface area contributed by atoms with Gasteiger partial charge in [0.25, 0.3) is 0 Å². The van der Waals surface area contributed by atoms with Crippen LogP contribution in [0.3, 0.4) is 0 Å². The first kappa shape index (κ1) is 17.2. The van der Waals surface area contributed by atoms with E-state index < -0.39 is 0 Å². The van der Waals surface area contributed by atoms with Crippen molar-refractivity contribution in [1.82, 2.24) is 14.9 Å². The molecule has 3 rings (SSSR count). The zero-order valence-electron chi connectivity index (χ0n) is 15.6. The van der Waals surface area contributed by atoms with Gasteiger partial charge in [-0.15, -0.1) is 0 Å². The molecular formula is C21H25N3O. The molecule has 0 saturated carbocycles. The maximum absolute atomic E-state index is 12.5. The van der Waals surface area contributed by atoms with Crippen LogP contribution >= 0.6 is 0 Å². The topological polar surface area (TPSA) is 46.9 Å². The average Bonchev–Trinajstić information content (AvgIpc) is 2.92. The maximum Gasteiger partial charge on any atom is 0.240 e. The summed E-state index contributed by atoms with van der Waals surface area (Å²) in [5.41, 5.74) is 7.97. The molecule has 0 saturated heterocycles. The Labute approximate surface area is 148 Å². The second kappa shape index (κ2) is 6.71. The number of aryl methyl sites for hydroxylation is 4. The molecule has 25 heavy (non-hydrogen) atoms. The van der Waals surface area contributed by atoms with Crippen LogP contribution in [0.2, 0.25) is 0 Å². The van der Waals surface area contributed by atoms with Crippen LogP contribution in [0.15, 0.2) is 36.7 Å². The Morgan fingerprint density at radius 1 is 1.04 bits per heavy atom. The lowest BCUT2D eigenvalue weighted by molar-refractivity contribution is -0.122. The third-order valence-corrected chi connectivity index (χ3v) is 4.96. The van der Waals surface area contributed by atoms with Crippen molar-refractivity contribution < 1.29 is 4.79 Å². The summed E-state index contributed by atoms with van der Waals surface area (Å²) in [7, 11) is 0. The van der Waals surface area contributed by atoms with Crippen molar-refractivity contribution in [2.75, 3.05) is 0 Å². The molecule has 0 aliphatic rings. The van der Waals surface area contributed by atoms with Crippen LogP contribution < -0.4 is 5.32 Å². The summed E-state index contributed by atoms with van der Waals surface area (Å²) < 4.78 is 1.91. The largest absolute Gasteiger partial charge is 0.348 e. The zero-order chi connectivity index (χ0) is 18.1. The van der Waals surface area contributed by atoms with Crippen molar-refractivity contribution in [1.29, 1.82) is 0 Å². The number of imidazole rings is 1. The second-order valence-corrected chi connectivity index (χ2v) is 6.93. The molecule has 1 N–H and O–H groups in total. The standard InChI is InChI=1S/C21H25N3O/c1-13-6-7-18(8-14(13)2)17(5)23-21(25)11-24-12-22-19-9-15(3)16(4)10-20(19)24/h6-10,12,17H,11H2,1-5H3,(H,23,25). The SMILES string of the molecule is Cc1ccc(C(C)NC(=O)Cn2cnc3cc(C)c(C)cc32)cc1C. The van der Waals surface area contributed by atoms with Crippen molar-refractivity contribution in [3.63, 3.8) is 0 Å². The van der Waals surface area contributed by atoms with E-state index in [1.165, 1.54) is 22.3 Å². The Balaban J connectivity index is 1.74. The molecule has 0 radical (unpaired) electrons. The van der Waals surface area contributed by atoms with Gasteiger partial charge in [0.1, 0.15) is 6.54 Å². The number of carbonyl (C=O) groups excluding carboxylic acids is 1. The van der Waals surface area contributed by atoms with Gasteiger partial charge in [0, 0.05) is 0 Å². The molecule has 1 amide bonds. The highest BCUT2D eigenvalue weighted by molar-refractivity contribution is 5.81. The predicted molar refractivity (Wildman–Crippen MR) is 102 cm³/mol. The number of aromatic nitrogens is 2. The molecule has 2 aromatic carbocycles. The van der Waals surface area contributed by atoms with E-state index in [-0.39, 0.29) is 18.5 Å². The smallest absolute Gasteiger partial charge is 0.240 e. The van der Waals surface area contributed by atoms with E-state index in [1.807, 2.05) is 11.5 Å². The Morgan fingerprint density at radius 3 is 2.44 bits per heavy atom. The first-order valence-electron chi connectivity index (χ1n) is 8.63. The Morgan fingerprint density at radius 2 is 1.72 bits per heavy atom. The monoisotopic (exact) mass is 335 g/mol. The fourth-order valence-electron chi connectivity index (χ4n) is 3.00. The highest BCUT2D eigenvalue weighted by atomic mass is 16.2. The number of hydrogen-bond donors (Lipinski definition) is 1. The maximum atomic E-state index is 12.5. The minimum absolute atomic E-state index is 0.0109. The van der Waals surface area contributed by atoms with Crippen molar-refractivity contribution in [3.05, 3.63) is 64.5 Å². The van der Waals surface area contributed by atoms with E-state index in [1.54, 1.807) is 6.33 Å². The van der Waals surface area contributed by atoms with Crippen LogP contribution in [0.4, 0.5) is 0 Å². The predicted octanol–water partition coefficient (Wildman–Crippen LogP) is 4.15. The number of amides is 1. The lowest BCUT2D eigenvalue weighted by Crippen LogP contribution is -2.30. The second-order valence-electron chi connectivity index (χ2n) is 6.93. The Hall–Kier alpha value is -2.62. The summed E-state index contributed by atoms with van der Waals surface area (Å²) in [6.07, 6.45) is 1.74. The first-order valence-corrected chi connectivity index (χ1v) is 8.63. The minimum Gasteiger partial charge on any atom is -0.348 e. The molecule has 1 heterocycles. The van der Waals surface area contributed by atoms with Crippen LogP contribution in [-0.2, 0) is 11.3 Å². The van der Waals surface area contributed by atoms with E-state index in [0.29, 0.717) is 0 Å². The average molecular weight is 335 g/mol. The van der Waals surface area contributed by atoms with Gasteiger partial charge in [-0.25, -0.2) is 4.98 Å². The zero-order valence-corrected chi connectivity index (χ0v) is 15.6. The molecule has 4 nitrogen and oxygen atoms in total. The van der Waals surface area contributed by atoms with Crippen molar-refractivity contribution in [2.45, 2.75) is 47.2 Å². The van der Waals surface area contributed by atoms with Crippen LogP contribution in [0.1, 0.15) is 40.8 Å². The van der Waals surface area contributed by atoms with Crippen LogP contribution in [0.5, 0.6) is 0 Å². The number of rotatable bonds is 4. The third kappa shape index (κ3) is 3.58. The minimum atomic E-state index is -0.0226. The van der Waals surface area contributed by atoms with Gasteiger partial charge in [-0.2, -0.15) is 0 Å². The van der Waals surface area contributed by atoms with E-state index in [2.05, 4.69) is 68.3 Å². The molecule has 1 atom stereocenters. The number of carbonyl (C=O) groups is 1. The van der Waals surface area contributed by atoms with Gasteiger partial charge >= 0.3 is 0 Å². The van der Waals surface area contributed by atoms with E-state index in [9.17, 15) is 4.79 Å². The number of hydrogen-bond acceptors (Lipinski definition) is 2. The first-order chi connectivity index (χ1) is 11.8. The molecule has 4 heteroatoms. The van der Waals surface area contributed by atoms with Gasteiger partial charge in [0.05, 0.1) is 23.4 Å². The molecule has 0 aliphatic heterocycles. The summed E-state index contributed by atoms with van der Waals surface area (Å²) in [5, 5.41) is 3.08. The van der Waals surface area contributed by atoms with Gasteiger partial charge < -0.3 is 9.88 Å². The van der Waals surface area contributed by atoms with Crippen LogP contribution in [0, 0.1) is 27.7 Å². The number of nitrogens with one attached hydrogen (secondary N) is 1. The van der Waals surface area contributed by atoms with E-state index in [0.717, 1.165) is 16.6 Å². The number of benzene rings is 2. The quantitative estimate of drug-likeness (QED) is 0.778. The molecule has 0 bridgehead atoms. The molecule has 0 spiro atoms. The van der Waals surface area contributed by atoms with Crippen LogP contribution in [0.25, 0.3) is 11.0 Å². The molecule has 3 aromatic rings. The third-order valence-electron chi connectivity index (χ3n) is 4.96. The fraction of sp³-hybridized carbons (Fsp3) is 0.333. The van der Waals surface area contributed by atoms with Gasteiger partial charge in [0.15, 0.2) is 0 Å². The molecule has 0 fully saturated rings. The van der Waals surface area contributed by atoms with Crippen molar-refractivity contribution >= 4 is 16.9 Å². The fourth-order valence-corrected chi connectivity index (χ4v) is 3.00. The summed E-state index contributed by atoms with van der Waals surface area (Å²) in [5.74, 6) is -0.0109. The molecule has 0 aliphatic carbocycles. The van der Waals surface area contributed by atoms with Gasteiger partial charge in [0.2, 0.25) is 5.91 Å². The van der Waals surface area contributed by atoms with Gasteiger partial charge in [-0.05, 0) is 74.6 Å². The normalized spacial score (nSPS) is 12.4. The summed E-state index contributed by atoms with van der Waals surface area (Å²) in [6, 6.07) is 10.5. The molecule has 130 valence electrons. The van der Waals surface area contributed by atoms with Gasteiger partial charge in [-0.3, -0.25) is 4.79 Å². The summed E-state index contributed by atoms with van der Waals surface area (Å²) >= 11 is 0. The lowest BCUT2D eigenvalue weighted by Gasteiger charge is -2.16. The van der Waals surface area contributed by atoms with Crippen molar-refractivity contribution in [3.8, 4) is 0 Å². The van der Waals surface area contributed by atoms with Crippen LogP contribution in [-0.4, -0.2) is 15.5 Å². The highest BCUT2D eigenvalue weighted by Gasteiger charge is 2.13. The van der Waals surface area contributed by atoms with E-state index in [4.69, 9.17) is 0 Å². The molecule has 1 aromatic heterocycles. The lowest BCUT2D eigenvalue weighted by atomic mass is 10.0. The van der Waals surface area contributed by atoms with Crippen molar-refractivity contribution in [2.24, 2.45) is 0 Å². The number of fused-ring (bicyclic) bond motifs is 1.